The number of carbonyl (C=O) groups is 1. The molecule has 13 heteroatoms. The number of aryl methyl sites for hydroxylation is 1. The number of halogens is 3. The number of benzene rings is 1. The van der Waals surface area contributed by atoms with E-state index in [0.29, 0.717) is 18.2 Å². The summed E-state index contributed by atoms with van der Waals surface area (Å²) in [6.45, 7) is 5.96. The second kappa shape index (κ2) is 12.1. The molecule has 0 unspecified atom stereocenters. The molecular weight excluding hydrogens is 575 g/mol. The van der Waals surface area contributed by atoms with Gasteiger partial charge in [-0.25, -0.2) is 9.59 Å². The van der Waals surface area contributed by atoms with Crippen LogP contribution >= 0.6 is 0 Å². The van der Waals surface area contributed by atoms with Gasteiger partial charge in [-0.15, -0.1) is 10.2 Å². The van der Waals surface area contributed by atoms with Crippen molar-refractivity contribution in [2.75, 3.05) is 20.1 Å². The highest BCUT2D eigenvalue weighted by Gasteiger charge is 2.35. The summed E-state index contributed by atoms with van der Waals surface area (Å²) in [6, 6.07) is 8.41. The lowest BCUT2D eigenvalue weighted by Crippen LogP contribution is -2.37. The number of aromatic nitrogens is 5. The van der Waals surface area contributed by atoms with E-state index < -0.39 is 29.1 Å². The van der Waals surface area contributed by atoms with E-state index in [0.717, 1.165) is 41.1 Å². The van der Waals surface area contributed by atoms with E-state index in [1.807, 2.05) is 29.8 Å². The zero-order valence-electron chi connectivity index (χ0n) is 25.6. The highest BCUT2D eigenvalue weighted by atomic mass is 19.4. The van der Waals surface area contributed by atoms with Crippen molar-refractivity contribution in [1.29, 1.82) is 0 Å². The van der Waals surface area contributed by atoms with Gasteiger partial charge in [-0.2, -0.15) is 13.2 Å². The number of pyridine rings is 1. The van der Waals surface area contributed by atoms with Crippen molar-refractivity contribution in [1.82, 2.24) is 33.9 Å². The third kappa shape index (κ3) is 6.67. The van der Waals surface area contributed by atoms with Gasteiger partial charge in [0.2, 0.25) is 0 Å². The number of fused-ring (bicyclic) bond motifs is 1. The van der Waals surface area contributed by atoms with E-state index in [9.17, 15) is 22.8 Å². The molecule has 236 valence electrons. The third-order valence-electron chi connectivity index (χ3n) is 7.94. The van der Waals surface area contributed by atoms with Crippen LogP contribution in [-0.2, 0) is 24.5 Å². The fourth-order valence-corrected chi connectivity index (χ4v) is 5.51. The molecule has 0 aliphatic heterocycles. The quantitative estimate of drug-likeness (QED) is 0.263. The molecule has 1 N–H and O–H groups in total. The van der Waals surface area contributed by atoms with Crippen LogP contribution in [0.25, 0.3) is 11.2 Å². The predicted octanol–water partition coefficient (Wildman–Crippen LogP) is 5.13. The summed E-state index contributed by atoms with van der Waals surface area (Å²) in [5, 5.41) is 11.5. The van der Waals surface area contributed by atoms with Gasteiger partial charge in [0.05, 0.1) is 16.8 Å². The maximum atomic E-state index is 14.2. The molecule has 3 heterocycles. The van der Waals surface area contributed by atoms with E-state index in [1.165, 1.54) is 21.9 Å². The van der Waals surface area contributed by atoms with Gasteiger partial charge >= 0.3 is 18.0 Å². The van der Waals surface area contributed by atoms with Crippen LogP contribution in [0.2, 0.25) is 0 Å². The number of nitrogens with one attached hydrogen (secondary N) is 1. The number of nitrogens with zero attached hydrogens (tertiary/aromatic N) is 6. The highest BCUT2D eigenvalue weighted by molar-refractivity contribution is 5.67. The van der Waals surface area contributed by atoms with E-state index in [2.05, 4.69) is 15.5 Å². The second-order valence-corrected chi connectivity index (χ2v) is 12.4. The molecule has 44 heavy (non-hydrogen) atoms. The first-order chi connectivity index (χ1) is 20.7. The molecule has 4 aromatic rings. The first kappa shape index (κ1) is 31.3. The molecule has 0 radical (unpaired) electrons. The number of carbonyl (C=O) groups excluding carboxylic acids is 1. The Hall–Kier alpha value is -4.13. The number of ether oxygens (including phenoxy) is 1. The molecule has 1 aromatic carbocycles. The molecule has 3 aromatic heterocycles. The van der Waals surface area contributed by atoms with Crippen LogP contribution in [0.5, 0.6) is 0 Å². The summed E-state index contributed by atoms with van der Waals surface area (Å²) in [4.78, 5) is 27.1. The minimum atomic E-state index is -4.68. The molecule has 0 spiro atoms. The van der Waals surface area contributed by atoms with Crippen molar-refractivity contribution in [3.05, 3.63) is 82.1 Å². The summed E-state index contributed by atoms with van der Waals surface area (Å²) in [5.41, 5.74) is -0.685. The SMILES string of the molecule is CN(CCNCc1cc(C(F)(F)F)c2cn(-c3cccc([C@H](c4nncn4C)C4CCC4)c3)c(=O)n2c1)C(=O)OC(C)(C)C. The molecule has 1 aliphatic carbocycles. The van der Waals surface area contributed by atoms with E-state index in [1.54, 1.807) is 40.2 Å². The Labute approximate surface area is 253 Å². The number of imidazole rings is 1. The maximum Gasteiger partial charge on any atom is 0.418 e. The van der Waals surface area contributed by atoms with Crippen LogP contribution in [0.15, 0.2) is 53.8 Å². The molecule has 10 nitrogen and oxygen atoms in total. The van der Waals surface area contributed by atoms with Gasteiger partial charge in [0.25, 0.3) is 0 Å². The molecule has 0 saturated heterocycles. The van der Waals surface area contributed by atoms with Crippen molar-refractivity contribution in [2.24, 2.45) is 13.0 Å². The molecule has 1 aliphatic rings. The Morgan fingerprint density at radius 3 is 2.55 bits per heavy atom. The fourth-order valence-electron chi connectivity index (χ4n) is 5.51. The second-order valence-electron chi connectivity index (χ2n) is 12.4. The average molecular weight is 614 g/mol. The van der Waals surface area contributed by atoms with Gasteiger partial charge in [-0.05, 0) is 68.9 Å². The van der Waals surface area contributed by atoms with Crippen LogP contribution in [0.4, 0.5) is 18.0 Å². The topological polar surface area (TPSA) is 98.7 Å². The van der Waals surface area contributed by atoms with Crippen molar-refractivity contribution >= 4 is 11.6 Å². The van der Waals surface area contributed by atoms with Gasteiger partial charge in [0.15, 0.2) is 0 Å². The Morgan fingerprint density at radius 1 is 1.18 bits per heavy atom. The first-order valence-corrected chi connectivity index (χ1v) is 14.7. The number of likely N-dealkylation sites (N-methyl/N-ethyl adjacent to an activating group) is 1. The molecule has 5 rings (SSSR count). The lowest BCUT2D eigenvalue weighted by molar-refractivity contribution is -0.136. The lowest BCUT2D eigenvalue weighted by atomic mass is 9.72. The standard InChI is InChI=1S/C31H38F3N7O3/c1-30(2,3)44-29(43)38(4)13-12-35-16-20-14-24(31(32,33)34)25-18-40(28(42)41(25)17-20)23-11-7-10-22(15-23)26(21-8-6-9-21)27-37-36-19-39(27)5/h7,10-11,14-15,17-19,21,26,35H,6,8-9,12-13,16H2,1-5H3/t26-/m1/s1. The Bertz CT molecular complexity index is 1700. The molecule has 1 fully saturated rings. The summed E-state index contributed by atoms with van der Waals surface area (Å²) in [6.07, 6.45) is 2.36. The molecule has 1 saturated carbocycles. The van der Waals surface area contributed by atoms with E-state index in [4.69, 9.17) is 4.74 Å². The molecular formula is C31H38F3N7O3. The normalized spacial score (nSPS) is 14.9. The summed E-state index contributed by atoms with van der Waals surface area (Å²) >= 11 is 0. The van der Waals surface area contributed by atoms with Crippen LogP contribution in [0.1, 0.15) is 68.5 Å². The molecule has 1 amide bonds. The largest absolute Gasteiger partial charge is 0.444 e. The van der Waals surface area contributed by atoms with Crippen LogP contribution < -0.4 is 11.0 Å². The van der Waals surface area contributed by atoms with Crippen molar-refractivity contribution in [2.45, 2.75) is 64.3 Å². The number of rotatable bonds is 9. The van der Waals surface area contributed by atoms with Crippen LogP contribution in [0, 0.1) is 5.92 Å². The minimum absolute atomic E-state index is 0.0401. The van der Waals surface area contributed by atoms with E-state index in [-0.39, 0.29) is 30.1 Å². The number of hydrogen-bond acceptors (Lipinski definition) is 6. The van der Waals surface area contributed by atoms with Crippen molar-refractivity contribution < 1.29 is 22.7 Å². The zero-order chi connectivity index (χ0) is 31.8. The first-order valence-electron chi connectivity index (χ1n) is 14.7. The summed E-state index contributed by atoms with van der Waals surface area (Å²) < 4.78 is 52.2. The molecule has 0 bridgehead atoms. The van der Waals surface area contributed by atoms with Gasteiger partial charge in [0.1, 0.15) is 17.8 Å². The van der Waals surface area contributed by atoms with Crippen molar-refractivity contribution in [3.63, 3.8) is 0 Å². The number of hydrogen-bond donors (Lipinski definition) is 1. The van der Waals surface area contributed by atoms with Gasteiger partial charge in [-0.3, -0.25) is 8.97 Å². The smallest absolute Gasteiger partial charge is 0.418 e. The monoisotopic (exact) mass is 613 g/mol. The van der Waals surface area contributed by atoms with Gasteiger partial charge < -0.3 is 19.5 Å². The van der Waals surface area contributed by atoms with Gasteiger partial charge in [-0.1, -0.05) is 18.6 Å². The maximum absolute atomic E-state index is 14.2. The third-order valence-corrected chi connectivity index (χ3v) is 7.94. The average Bonchev–Trinajstić information content (AvgIpc) is 3.49. The van der Waals surface area contributed by atoms with Crippen molar-refractivity contribution in [3.8, 4) is 5.69 Å². The lowest BCUT2D eigenvalue weighted by Gasteiger charge is -2.33. The minimum Gasteiger partial charge on any atom is -0.444 e. The summed E-state index contributed by atoms with van der Waals surface area (Å²) in [7, 11) is 3.48. The predicted molar refractivity (Wildman–Crippen MR) is 159 cm³/mol. The highest BCUT2D eigenvalue weighted by Crippen LogP contribution is 2.43. The van der Waals surface area contributed by atoms with Crippen LogP contribution in [0.3, 0.4) is 0 Å². The zero-order valence-corrected chi connectivity index (χ0v) is 25.6. The van der Waals surface area contributed by atoms with Crippen LogP contribution in [-0.4, -0.2) is 60.5 Å². The molecule has 1 atom stereocenters. The van der Waals surface area contributed by atoms with E-state index >= 15 is 0 Å². The van der Waals surface area contributed by atoms with Gasteiger partial charge in [0, 0.05) is 52.0 Å². The number of amides is 1. The Kier molecular flexibility index (Phi) is 8.61. The summed E-state index contributed by atoms with van der Waals surface area (Å²) in [5.74, 6) is 1.14. The Morgan fingerprint density at radius 2 is 1.93 bits per heavy atom. The fraction of sp³-hybridized carbons (Fsp3) is 0.484. The number of alkyl halides is 3. The Balaban J connectivity index is 1.42.